The van der Waals surface area contributed by atoms with Crippen molar-refractivity contribution in [3.63, 3.8) is 0 Å². The average molecular weight is 381 g/mol. The summed E-state index contributed by atoms with van der Waals surface area (Å²) in [5, 5.41) is 14.4. The fraction of sp³-hybridized carbons (Fsp3) is 0.533. The van der Waals surface area contributed by atoms with Gasteiger partial charge >= 0.3 is 0 Å². The summed E-state index contributed by atoms with van der Waals surface area (Å²) >= 11 is 0. The maximum absolute atomic E-state index is 12.9. The van der Waals surface area contributed by atoms with Crippen molar-refractivity contribution in [1.29, 1.82) is 0 Å². The Morgan fingerprint density at radius 3 is 2.54 bits per heavy atom. The minimum Gasteiger partial charge on any atom is -0.391 e. The Morgan fingerprint density at radius 1 is 1.38 bits per heavy atom. The van der Waals surface area contributed by atoms with Gasteiger partial charge in [0, 0.05) is 32.0 Å². The van der Waals surface area contributed by atoms with Crippen LogP contribution in [-0.4, -0.2) is 50.4 Å². The SMILES string of the molecule is CC(CC(=O)NCC1CNCC1O)S(=O)(=O)c1ccc(F)cc1.Cl. The van der Waals surface area contributed by atoms with Gasteiger partial charge in [0.05, 0.1) is 16.2 Å². The number of hydrogen-bond donors (Lipinski definition) is 3. The standard InChI is InChI=1S/C15H21FN2O4S.ClH/c1-10(23(21,22)13-4-2-12(16)3-5-13)6-15(20)18-8-11-7-17-9-14(11)19;/h2-5,10-11,14,17,19H,6-9H2,1H3,(H,18,20);1H. The number of carbonyl (C=O) groups excluding carboxylic acids is 1. The number of β-amino-alcohol motifs (C(OH)–C–C–N with tert-alkyl or cyclic N) is 1. The molecule has 0 saturated carbocycles. The molecule has 1 saturated heterocycles. The first-order valence-electron chi connectivity index (χ1n) is 7.45. The van der Waals surface area contributed by atoms with E-state index in [4.69, 9.17) is 0 Å². The number of carbonyl (C=O) groups is 1. The van der Waals surface area contributed by atoms with Gasteiger partial charge in [-0.1, -0.05) is 0 Å². The van der Waals surface area contributed by atoms with E-state index in [1.54, 1.807) is 0 Å². The van der Waals surface area contributed by atoms with E-state index in [9.17, 15) is 22.7 Å². The van der Waals surface area contributed by atoms with E-state index in [1.807, 2.05) is 0 Å². The third-order valence-electron chi connectivity index (χ3n) is 4.01. The zero-order valence-electron chi connectivity index (χ0n) is 13.2. The van der Waals surface area contributed by atoms with E-state index in [0.29, 0.717) is 19.6 Å². The number of aliphatic hydroxyl groups excluding tert-OH is 1. The van der Waals surface area contributed by atoms with Crippen LogP contribution in [0.4, 0.5) is 4.39 Å². The molecule has 0 spiro atoms. The molecule has 1 fully saturated rings. The Hall–Kier alpha value is -1.22. The number of amides is 1. The number of sulfone groups is 1. The van der Waals surface area contributed by atoms with E-state index in [1.165, 1.54) is 19.1 Å². The first kappa shape index (κ1) is 20.8. The molecule has 3 atom stereocenters. The van der Waals surface area contributed by atoms with Crippen LogP contribution in [0.1, 0.15) is 13.3 Å². The summed E-state index contributed by atoms with van der Waals surface area (Å²) in [4.78, 5) is 11.9. The second-order valence-electron chi connectivity index (χ2n) is 5.80. The molecule has 24 heavy (non-hydrogen) atoms. The highest BCUT2D eigenvalue weighted by Gasteiger charge is 2.28. The molecule has 9 heteroatoms. The third-order valence-corrected chi connectivity index (χ3v) is 6.17. The van der Waals surface area contributed by atoms with Gasteiger partial charge in [-0.05, 0) is 31.2 Å². The fourth-order valence-electron chi connectivity index (χ4n) is 2.47. The highest BCUT2D eigenvalue weighted by molar-refractivity contribution is 7.92. The molecule has 0 aliphatic carbocycles. The van der Waals surface area contributed by atoms with Gasteiger partial charge in [0.25, 0.3) is 0 Å². The predicted molar refractivity (Wildman–Crippen MR) is 90.3 cm³/mol. The summed E-state index contributed by atoms with van der Waals surface area (Å²) in [5.41, 5.74) is 0. The molecule has 1 aromatic rings. The zero-order chi connectivity index (χ0) is 17.0. The molecule has 0 aromatic heterocycles. The number of halogens is 2. The Morgan fingerprint density at radius 2 is 2.00 bits per heavy atom. The largest absolute Gasteiger partial charge is 0.391 e. The molecule has 1 aliphatic rings. The molecule has 0 bridgehead atoms. The van der Waals surface area contributed by atoms with E-state index in [0.717, 1.165) is 12.1 Å². The van der Waals surface area contributed by atoms with Crippen molar-refractivity contribution in [2.45, 2.75) is 29.6 Å². The fourth-order valence-corrected chi connectivity index (χ4v) is 3.82. The number of nitrogens with one attached hydrogen (secondary N) is 2. The van der Waals surface area contributed by atoms with Crippen LogP contribution in [0.2, 0.25) is 0 Å². The third kappa shape index (κ3) is 5.14. The smallest absolute Gasteiger partial charge is 0.221 e. The maximum Gasteiger partial charge on any atom is 0.221 e. The lowest BCUT2D eigenvalue weighted by Crippen LogP contribution is -2.36. The normalized spacial score (nSPS) is 21.8. The van der Waals surface area contributed by atoms with Gasteiger partial charge in [-0.15, -0.1) is 12.4 Å². The van der Waals surface area contributed by atoms with Gasteiger partial charge in [-0.2, -0.15) is 0 Å². The number of hydrogen-bond acceptors (Lipinski definition) is 5. The molecule has 136 valence electrons. The van der Waals surface area contributed by atoms with Crippen LogP contribution in [0.3, 0.4) is 0 Å². The second-order valence-corrected chi connectivity index (χ2v) is 8.17. The summed E-state index contributed by atoms with van der Waals surface area (Å²) < 4.78 is 37.6. The summed E-state index contributed by atoms with van der Waals surface area (Å²) in [7, 11) is -3.69. The first-order valence-corrected chi connectivity index (χ1v) is 9.00. The zero-order valence-corrected chi connectivity index (χ0v) is 14.9. The van der Waals surface area contributed by atoms with E-state index in [2.05, 4.69) is 10.6 Å². The maximum atomic E-state index is 12.9. The number of aliphatic hydroxyl groups is 1. The van der Waals surface area contributed by atoms with E-state index < -0.39 is 27.0 Å². The van der Waals surface area contributed by atoms with Crippen molar-refractivity contribution < 1.29 is 22.7 Å². The molecule has 1 heterocycles. The van der Waals surface area contributed by atoms with Crippen LogP contribution in [0.5, 0.6) is 0 Å². The van der Waals surface area contributed by atoms with Crippen LogP contribution in [0.25, 0.3) is 0 Å². The van der Waals surface area contributed by atoms with E-state index >= 15 is 0 Å². The van der Waals surface area contributed by atoms with Crippen molar-refractivity contribution in [3.05, 3.63) is 30.1 Å². The Balaban J connectivity index is 0.00000288. The van der Waals surface area contributed by atoms with Crippen LogP contribution in [0.15, 0.2) is 29.2 Å². The molecule has 1 amide bonds. The van der Waals surface area contributed by atoms with Crippen LogP contribution in [0, 0.1) is 11.7 Å². The number of rotatable bonds is 6. The summed E-state index contributed by atoms with van der Waals surface area (Å²) in [6.07, 6.45) is -0.689. The van der Waals surface area contributed by atoms with Crippen molar-refractivity contribution >= 4 is 28.2 Å². The lowest BCUT2D eigenvalue weighted by Gasteiger charge is -2.16. The first-order chi connectivity index (χ1) is 10.8. The molecule has 0 radical (unpaired) electrons. The van der Waals surface area contributed by atoms with Crippen LogP contribution < -0.4 is 10.6 Å². The molecule has 3 N–H and O–H groups in total. The van der Waals surface area contributed by atoms with Crippen molar-refractivity contribution in [2.24, 2.45) is 5.92 Å². The summed E-state index contributed by atoms with van der Waals surface area (Å²) in [5.74, 6) is -0.969. The highest BCUT2D eigenvalue weighted by Crippen LogP contribution is 2.18. The highest BCUT2D eigenvalue weighted by atomic mass is 35.5. The quantitative estimate of drug-likeness (QED) is 0.624. The topological polar surface area (TPSA) is 95.5 Å². The van der Waals surface area contributed by atoms with Crippen LogP contribution >= 0.6 is 12.4 Å². The van der Waals surface area contributed by atoms with Gasteiger partial charge in [0.2, 0.25) is 5.91 Å². The van der Waals surface area contributed by atoms with Gasteiger partial charge in [-0.25, -0.2) is 12.8 Å². The van der Waals surface area contributed by atoms with Gasteiger partial charge in [-0.3, -0.25) is 4.79 Å². The average Bonchev–Trinajstić information content (AvgIpc) is 2.91. The lowest BCUT2D eigenvalue weighted by atomic mass is 10.1. The second kappa shape index (κ2) is 8.75. The minimum atomic E-state index is -3.69. The van der Waals surface area contributed by atoms with E-state index in [-0.39, 0.29) is 35.5 Å². The van der Waals surface area contributed by atoms with Crippen molar-refractivity contribution in [2.75, 3.05) is 19.6 Å². The van der Waals surface area contributed by atoms with Gasteiger partial charge in [0.1, 0.15) is 5.82 Å². The molecular formula is C15H22ClFN2O4S. The Kier molecular flexibility index (Phi) is 7.59. The molecule has 3 unspecified atom stereocenters. The Bertz CT molecular complexity index is 654. The predicted octanol–water partition coefficient (Wildman–Crippen LogP) is 0.496. The lowest BCUT2D eigenvalue weighted by molar-refractivity contribution is -0.121. The number of benzene rings is 1. The Labute approximate surface area is 147 Å². The monoisotopic (exact) mass is 380 g/mol. The molecule has 2 rings (SSSR count). The van der Waals surface area contributed by atoms with Gasteiger partial charge < -0.3 is 15.7 Å². The summed E-state index contributed by atoms with van der Waals surface area (Å²) in [6.45, 7) is 2.86. The molecule has 1 aliphatic heterocycles. The minimum absolute atomic E-state index is 0. The molecule has 6 nitrogen and oxygen atoms in total. The van der Waals surface area contributed by atoms with Crippen molar-refractivity contribution in [1.82, 2.24) is 10.6 Å². The molecule has 1 aromatic carbocycles. The van der Waals surface area contributed by atoms with Gasteiger partial charge in [0.15, 0.2) is 9.84 Å². The molecular weight excluding hydrogens is 359 g/mol. The summed E-state index contributed by atoms with van der Waals surface area (Å²) in [6, 6.07) is 4.54. The van der Waals surface area contributed by atoms with Crippen LogP contribution in [-0.2, 0) is 14.6 Å². The van der Waals surface area contributed by atoms with Crippen molar-refractivity contribution in [3.8, 4) is 0 Å².